The molecule has 4 aromatic carbocycles. The molecule has 3 nitrogen and oxygen atoms in total. The van der Waals surface area contributed by atoms with E-state index in [1.807, 2.05) is 0 Å². The summed E-state index contributed by atoms with van der Waals surface area (Å²) in [5, 5.41) is 0. The molecule has 4 aromatic rings. The average Bonchev–Trinajstić information content (AvgIpc) is 2.96. The monoisotopic (exact) mass is 545 g/mol. The summed E-state index contributed by atoms with van der Waals surface area (Å²) >= 11 is 0. The van der Waals surface area contributed by atoms with Gasteiger partial charge in [0.1, 0.15) is 11.5 Å². The molecule has 0 saturated heterocycles. The second kappa shape index (κ2) is 10.6. The highest BCUT2D eigenvalue weighted by molar-refractivity contribution is 5.52. The third-order valence-corrected chi connectivity index (χ3v) is 8.66. The fourth-order valence-electron chi connectivity index (χ4n) is 5.92. The van der Waals surface area contributed by atoms with E-state index in [2.05, 4.69) is 131 Å². The van der Waals surface area contributed by atoms with Gasteiger partial charge in [0.05, 0.1) is 6.61 Å². The third kappa shape index (κ3) is 6.00. The molecular weight excluding hydrogens is 502 g/mol. The van der Waals surface area contributed by atoms with E-state index in [1.54, 1.807) is 0 Å². The maximum Gasteiger partial charge on any atom is 0.161 e. The molecule has 0 fully saturated rings. The highest BCUT2D eigenvalue weighted by Crippen LogP contribution is 2.36. The average molecular weight is 546 g/mol. The highest BCUT2D eigenvalue weighted by atomic mass is 16.5. The Hall–Kier alpha value is -3.72. The molecule has 0 bridgehead atoms. The Labute approximate surface area is 246 Å². The van der Waals surface area contributed by atoms with Gasteiger partial charge in [-0.25, -0.2) is 0 Å². The number of nitrogens with zero attached hydrogens (tertiary/aromatic N) is 1. The van der Waals surface area contributed by atoms with E-state index in [1.165, 1.54) is 44.6 Å². The molecule has 0 spiro atoms. The van der Waals surface area contributed by atoms with Crippen molar-refractivity contribution in [3.63, 3.8) is 0 Å². The maximum atomic E-state index is 6.17. The van der Waals surface area contributed by atoms with Crippen molar-refractivity contribution in [1.82, 2.24) is 0 Å². The van der Waals surface area contributed by atoms with Crippen LogP contribution < -0.4 is 14.4 Å². The van der Waals surface area contributed by atoms with Crippen molar-refractivity contribution in [3.8, 4) is 11.5 Å². The molecule has 1 unspecified atom stereocenters. The van der Waals surface area contributed by atoms with Crippen molar-refractivity contribution in [2.24, 2.45) is 0 Å². The summed E-state index contributed by atoms with van der Waals surface area (Å²) in [4.78, 5) is 2.31. The van der Waals surface area contributed by atoms with Crippen LogP contribution in [-0.4, -0.2) is 13.3 Å². The van der Waals surface area contributed by atoms with E-state index in [-0.39, 0.29) is 10.8 Å². The molecule has 212 valence electrons. The standard InChI is InChI=1S/C38H43NO2/c1-37(2,3)32-13-17-35-29(21-32)20-31(24-40-35)28-11-7-26(8-12-28)19-27-9-15-34(16-10-27)39-23-30-22-33(38(4,5)6)14-18-36(30)41-25-39/h7-18,21-22,31H,19-20,23-25H2,1-6H3. The number of hydrogen-bond acceptors (Lipinski definition) is 3. The van der Waals surface area contributed by atoms with E-state index < -0.39 is 0 Å². The summed E-state index contributed by atoms with van der Waals surface area (Å²) in [5.41, 5.74) is 10.8. The van der Waals surface area contributed by atoms with Gasteiger partial charge in [-0.1, -0.05) is 96.1 Å². The molecular formula is C38H43NO2. The van der Waals surface area contributed by atoms with Crippen LogP contribution in [0.4, 0.5) is 5.69 Å². The Bertz CT molecular complexity index is 1400. The van der Waals surface area contributed by atoms with Crippen molar-refractivity contribution >= 4 is 5.69 Å². The summed E-state index contributed by atoms with van der Waals surface area (Å²) in [6.07, 6.45) is 1.95. The first-order valence-corrected chi connectivity index (χ1v) is 15.0. The predicted octanol–water partition coefficient (Wildman–Crippen LogP) is 8.95. The van der Waals surface area contributed by atoms with Crippen LogP contribution in [0.15, 0.2) is 84.9 Å². The lowest BCUT2D eigenvalue weighted by Gasteiger charge is -2.32. The predicted molar refractivity (Wildman–Crippen MR) is 170 cm³/mol. The lowest BCUT2D eigenvalue weighted by molar-refractivity contribution is 0.262. The molecule has 0 N–H and O–H groups in total. The summed E-state index contributed by atoms with van der Waals surface area (Å²) < 4.78 is 12.3. The van der Waals surface area contributed by atoms with E-state index >= 15 is 0 Å². The number of hydrogen-bond donors (Lipinski definition) is 0. The lowest BCUT2D eigenvalue weighted by Crippen LogP contribution is -2.32. The van der Waals surface area contributed by atoms with Crippen LogP contribution in [-0.2, 0) is 30.2 Å². The van der Waals surface area contributed by atoms with Crippen molar-refractivity contribution in [2.75, 3.05) is 18.2 Å². The fourth-order valence-corrected chi connectivity index (χ4v) is 5.92. The molecule has 2 heterocycles. The zero-order valence-corrected chi connectivity index (χ0v) is 25.5. The van der Waals surface area contributed by atoms with Crippen molar-refractivity contribution in [3.05, 3.63) is 124 Å². The second-order valence-electron chi connectivity index (χ2n) is 13.9. The molecule has 41 heavy (non-hydrogen) atoms. The van der Waals surface area contributed by atoms with Crippen LogP contribution in [0.2, 0.25) is 0 Å². The minimum atomic E-state index is 0.128. The summed E-state index contributed by atoms with van der Waals surface area (Å²) in [7, 11) is 0. The quantitative estimate of drug-likeness (QED) is 0.255. The molecule has 0 radical (unpaired) electrons. The van der Waals surface area contributed by atoms with Gasteiger partial charge in [-0.15, -0.1) is 0 Å². The van der Waals surface area contributed by atoms with E-state index in [0.717, 1.165) is 37.5 Å². The van der Waals surface area contributed by atoms with Crippen LogP contribution in [0.5, 0.6) is 11.5 Å². The Balaban J connectivity index is 1.09. The topological polar surface area (TPSA) is 21.7 Å². The van der Waals surface area contributed by atoms with Crippen LogP contribution in [0.1, 0.15) is 86.4 Å². The molecule has 0 aliphatic carbocycles. The van der Waals surface area contributed by atoms with Gasteiger partial charge >= 0.3 is 0 Å². The Morgan fingerprint density at radius 3 is 1.83 bits per heavy atom. The molecule has 2 aliphatic rings. The van der Waals surface area contributed by atoms with Crippen molar-refractivity contribution in [1.29, 1.82) is 0 Å². The van der Waals surface area contributed by atoms with Crippen molar-refractivity contribution in [2.45, 2.75) is 77.7 Å². The molecule has 0 saturated carbocycles. The van der Waals surface area contributed by atoms with Crippen LogP contribution >= 0.6 is 0 Å². The molecule has 6 rings (SSSR count). The van der Waals surface area contributed by atoms with Gasteiger partial charge in [0.15, 0.2) is 6.73 Å². The Morgan fingerprint density at radius 2 is 1.22 bits per heavy atom. The number of benzene rings is 4. The van der Waals surface area contributed by atoms with Gasteiger partial charge in [-0.05, 0) is 87.4 Å². The molecule has 3 heteroatoms. The lowest BCUT2D eigenvalue weighted by atomic mass is 9.83. The fraction of sp³-hybridized carbons (Fsp3) is 0.368. The summed E-state index contributed by atoms with van der Waals surface area (Å²) in [5.74, 6) is 2.44. The van der Waals surface area contributed by atoms with Gasteiger partial charge in [0.25, 0.3) is 0 Å². The summed E-state index contributed by atoms with van der Waals surface area (Å²) in [6, 6.07) is 31.5. The van der Waals surface area contributed by atoms with Crippen LogP contribution in [0.25, 0.3) is 0 Å². The van der Waals surface area contributed by atoms with E-state index in [9.17, 15) is 0 Å². The summed E-state index contributed by atoms with van der Waals surface area (Å²) in [6.45, 7) is 15.8. The second-order valence-corrected chi connectivity index (χ2v) is 13.9. The van der Waals surface area contributed by atoms with Gasteiger partial charge in [-0.2, -0.15) is 0 Å². The van der Waals surface area contributed by atoms with Gasteiger partial charge in [0, 0.05) is 23.7 Å². The van der Waals surface area contributed by atoms with Crippen LogP contribution in [0, 0.1) is 0 Å². The van der Waals surface area contributed by atoms with Gasteiger partial charge < -0.3 is 14.4 Å². The minimum Gasteiger partial charge on any atom is -0.493 e. The van der Waals surface area contributed by atoms with Gasteiger partial charge in [0.2, 0.25) is 0 Å². The normalized spacial score (nSPS) is 16.8. The zero-order chi connectivity index (χ0) is 28.8. The number of rotatable bonds is 4. The first-order valence-electron chi connectivity index (χ1n) is 15.0. The third-order valence-electron chi connectivity index (χ3n) is 8.66. The van der Waals surface area contributed by atoms with Crippen molar-refractivity contribution < 1.29 is 9.47 Å². The zero-order valence-electron chi connectivity index (χ0n) is 25.5. The largest absolute Gasteiger partial charge is 0.493 e. The highest BCUT2D eigenvalue weighted by Gasteiger charge is 2.24. The minimum absolute atomic E-state index is 0.128. The maximum absolute atomic E-state index is 6.17. The number of fused-ring (bicyclic) bond motifs is 2. The first-order chi connectivity index (χ1) is 19.5. The first kappa shape index (κ1) is 27.4. The number of anilines is 1. The number of ether oxygens (including phenoxy) is 2. The molecule has 0 aromatic heterocycles. The van der Waals surface area contributed by atoms with E-state index in [4.69, 9.17) is 9.47 Å². The Kier molecular flexibility index (Phi) is 7.09. The van der Waals surface area contributed by atoms with Gasteiger partial charge in [-0.3, -0.25) is 0 Å². The Morgan fingerprint density at radius 1 is 0.659 bits per heavy atom. The SMILES string of the molecule is CC(C)(C)c1ccc2c(c1)CC(c1ccc(Cc3ccc(N4COc5ccc(C(C)(C)C)cc5C4)cc3)cc1)CO2. The van der Waals surface area contributed by atoms with Crippen LogP contribution in [0.3, 0.4) is 0 Å². The molecule has 1 atom stereocenters. The molecule has 2 aliphatic heterocycles. The molecule has 0 amide bonds. The van der Waals surface area contributed by atoms with E-state index in [0.29, 0.717) is 12.6 Å². The smallest absolute Gasteiger partial charge is 0.161 e.